The van der Waals surface area contributed by atoms with Crippen molar-refractivity contribution in [1.29, 1.82) is 0 Å². The molecule has 0 saturated carbocycles. The molecule has 0 aliphatic carbocycles. The van der Waals surface area contributed by atoms with Gasteiger partial charge in [0.15, 0.2) is 0 Å². The van der Waals surface area contributed by atoms with Crippen LogP contribution in [0.15, 0.2) is 3.50 Å². The molecule has 1 N–H and O–H groups in total. The van der Waals surface area contributed by atoms with Crippen LogP contribution in [-0.2, 0) is 225 Å². The number of carbonyl (C=O) groups excluding carboxylic acids is 1. The fourth-order valence-electron chi connectivity index (χ4n) is 0.139. The first-order valence-electron chi connectivity index (χ1n) is 1.95. The summed E-state index contributed by atoms with van der Waals surface area (Å²) in [4.78, 5) is 10.2. The van der Waals surface area contributed by atoms with Crippen molar-refractivity contribution in [2.75, 3.05) is 0 Å². The van der Waals surface area contributed by atoms with Gasteiger partial charge < -0.3 is 0 Å². The molecule has 0 saturated heterocycles. The summed E-state index contributed by atoms with van der Waals surface area (Å²) in [5.74, 6) is -2.42. The standard InChI is InChI=1S/C3HN3O2.11W/c4-1(2(5)7)3(6)8;;;;;;;;;;;/h(H-,5,7);;;;;;;;;;;/q-2;;;;;;;;;;;. The van der Waals surface area contributed by atoms with Crippen molar-refractivity contribution >= 4 is 17.5 Å². The van der Waals surface area contributed by atoms with Crippen molar-refractivity contribution < 1.29 is 230 Å². The molecule has 0 aromatic heterocycles. The Bertz CT molecular complexity index is 213. The zero-order valence-corrected chi connectivity index (χ0v) is 40.5. The van der Waals surface area contributed by atoms with E-state index in [1.54, 1.807) is 32.4 Å². The first kappa shape index (κ1) is 63.9. The normalized spacial score (nSPS) is 4.00. The van der Waals surface area contributed by atoms with Gasteiger partial charge in [-0.1, -0.05) is 0 Å². The van der Waals surface area contributed by atoms with Gasteiger partial charge in [0.25, 0.3) is 0 Å². The summed E-state index contributed by atoms with van der Waals surface area (Å²) in [6.45, 7) is 0. The number of hydrogen-bond donors (Lipinski definition) is 1. The number of carbonyl (C=O) groups is 1. The third kappa shape index (κ3) is 45.4. The zero-order chi connectivity index (χ0) is 9.44. The summed E-state index contributed by atoms with van der Waals surface area (Å²) in [5.41, 5.74) is -1.12. The van der Waals surface area contributed by atoms with Gasteiger partial charge >= 0.3 is 93.8 Å². The van der Waals surface area contributed by atoms with E-state index < -0.39 is 17.5 Å². The van der Waals surface area contributed by atoms with E-state index in [4.69, 9.17) is 15.9 Å². The van der Waals surface area contributed by atoms with E-state index in [-0.39, 0.29) is 169 Å². The van der Waals surface area contributed by atoms with Crippen LogP contribution in [0.5, 0.6) is 0 Å². The molecule has 0 atom stereocenters. The predicted molar refractivity (Wildman–Crippen MR) is 26.8 cm³/mol. The number of amides is 1. The Morgan fingerprint density at radius 2 is 1.05 bits per heavy atom. The fraction of sp³-hybridized carbons (Fsp3) is 0. The van der Waals surface area contributed by atoms with Crippen LogP contribution in [-0.4, -0.2) is 22.6 Å². The van der Waals surface area contributed by atoms with Crippen LogP contribution < -0.4 is 0 Å². The van der Waals surface area contributed by atoms with Gasteiger partial charge in [0, 0.05) is 169 Å². The molecular weight excluding hydrogens is 2130 g/mol. The molecule has 0 fully saturated rings. The van der Waals surface area contributed by atoms with Crippen LogP contribution in [0.25, 0.3) is 10.8 Å². The minimum atomic E-state index is -1.40. The van der Waals surface area contributed by atoms with Crippen LogP contribution in [0, 0.1) is 0 Å². The van der Waals surface area contributed by atoms with E-state index in [1.165, 1.54) is 0 Å². The fourth-order valence-corrected chi connectivity index (χ4v) is 0.450. The van der Waals surface area contributed by atoms with Gasteiger partial charge in [-0.25, -0.2) is 0 Å². The molecule has 5 nitrogen and oxygen atoms in total. The van der Waals surface area contributed by atoms with Crippen LogP contribution in [0.1, 0.15) is 0 Å². The Morgan fingerprint density at radius 1 is 0.842 bits per heavy atom. The van der Waals surface area contributed by atoms with E-state index in [0.29, 0.717) is 19.6 Å². The van der Waals surface area contributed by atoms with Crippen LogP contribution in [0.3, 0.4) is 0 Å². The van der Waals surface area contributed by atoms with Crippen LogP contribution >= 0.6 is 0 Å². The SMILES string of the molecule is [N-]=C(O)C(=[N-])C(=O)[N]=[W].[W].[W].[W].[W].[W].[W].[W].[W].[W]=[W]. The van der Waals surface area contributed by atoms with E-state index >= 15 is 0 Å². The average molecular weight is 2130 g/mol. The average Bonchev–Trinajstić information content (AvgIpc) is 2.05. The molecular formula is C3HN3O2W11-2. The van der Waals surface area contributed by atoms with Gasteiger partial charge in [-0.15, -0.1) is 0 Å². The summed E-state index contributed by atoms with van der Waals surface area (Å²) >= 11 is 3.92. The monoisotopic (exact) mass is 2130 g/mol. The molecule has 1 amide bonds. The Labute approximate surface area is 256 Å². The summed E-state index contributed by atoms with van der Waals surface area (Å²) < 4.78 is 3.03. The quantitative estimate of drug-likeness (QED) is 0.306. The third-order valence-corrected chi connectivity index (χ3v) is 1.09. The second-order valence-corrected chi connectivity index (χ2v) is 1.72. The van der Waals surface area contributed by atoms with Gasteiger partial charge in [-0.2, -0.15) is 0 Å². The molecule has 0 unspecified atom stereocenters. The number of aliphatic hydroxyl groups excluding tert-OH is 1. The molecule has 0 spiro atoms. The van der Waals surface area contributed by atoms with E-state index in [9.17, 15) is 4.79 Å². The summed E-state index contributed by atoms with van der Waals surface area (Å²) in [7, 11) is 0. The summed E-state index contributed by atoms with van der Waals surface area (Å²) in [6, 6.07) is 0. The second kappa shape index (κ2) is 49.6. The molecule has 0 heterocycles. The molecule has 0 rings (SSSR count). The van der Waals surface area contributed by atoms with Crippen molar-refractivity contribution in [2.45, 2.75) is 0 Å². The maximum absolute atomic E-state index is 10.2. The van der Waals surface area contributed by atoms with Gasteiger partial charge in [0.05, 0.1) is 0 Å². The Hall–Kier alpha value is 6.18. The Kier molecular flexibility index (Phi) is 167. The molecule has 0 aromatic carbocycles. The van der Waals surface area contributed by atoms with Crippen molar-refractivity contribution in [3.05, 3.63) is 10.8 Å². The van der Waals surface area contributed by atoms with Crippen molar-refractivity contribution in [2.24, 2.45) is 3.50 Å². The first-order valence-corrected chi connectivity index (χ1v) is 14.3. The second-order valence-electron chi connectivity index (χ2n) is 1.07. The molecule has 0 aromatic rings. The van der Waals surface area contributed by atoms with Crippen molar-refractivity contribution in [3.63, 3.8) is 0 Å². The summed E-state index contributed by atoms with van der Waals surface area (Å²) in [5, 5.41) is 24.4. The van der Waals surface area contributed by atoms with Gasteiger partial charge in [-0.3, -0.25) is 0 Å². The Balaban J connectivity index is -0.00000000966. The first-order chi connectivity index (χ1) is 5.09. The topological polar surface area (TPSA) is 94.3 Å². The number of rotatable bonds is 2. The van der Waals surface area contributed by atoms with Gasteiger partial charge in [0.2, 0.25) is 0 Å². The van der Waals surface area contributed by atoms with E-state index in [1.807, 2.05) is 0 Å². The van der Waals surface area contributed by atoms with Crippen molar-refractivity contribution in [3.8, 4) is 0 Å². The summed E-state index contributed by atoms with van der Waals surface area (Å²) in [6.07, 6.45) is 0. The molecule has 16 heteroatoms. The molecule has 108 valence electrons. The van der Waals surface area contributed by atoms with E-state index in [0.717, 1.165) is 0 Å². The molecule has 0 bridgehead atoms. The number of aliphatic hydroxyl groups is 1. The van der Waals surface area contributed by atoms with E-state index in [2.05, 4.69) is 3.50 Å². The van der Waals surface area contributed by atoms with Crippen molar-refractivity contribution in [1.82, 2.24) is 0 Å². The zero-order valence-electron chi connectivity index (χ0n) is 8.19. The van der Waals surface area contributed by atoms with Crippen LogP contribution in [0.2, 0.25) is 0 Å². The number of hydrogen-bond acceptors (Lipinski definition) is 1. The Morgan fingerprint density at radius 3 is 1.11 bits per heavy atom. The van der Waals surface area contributed by atoms with Crippen LogP contribution in [0.4, 0.5) is 0 Å². The maximum atomic E-state index is 10.2. The van der Waals surface area contributed by atoms with Gasteiger partial charge in [-0.05, 0) is 0 Å². The number of nitrogens with zero attached hydrogens (tertiary/aromatic N) is 3. The predicted octanol–water partition coefficient (Wildman–Crippen LogP) is -0.245. The molecule has 0 aliphatic rings. The molecule has 19 heavy (non-hydrogen) atoms. The minimum absolute atomic E-state index is 0. The molecule has 0 aliphatic heterocycles. The molecule has 0 radical (unpaired) electrons. The van der Waals surface area contributed by atoms with Gasteiger partial charge in [0.1, 0.15) is 0 Å². The third-order valence-electron chi connectivity index (χ3n) is 0.497.